The second kappa shape index (κ2) is 6.25. The number of carbonyl (C=O) groups excluding carboxylic acids is 2. The van der Waals surface area contributed by atoms with Gasteiger partial charge in [0.1, 0.15) is 0 Å². The topological polar surface area (TPSA) is 46.2 Å². The molecule has 1 amide bonds. The van der Waals surface area contributed by atoms with Crippen LogP contribution in [-0.2, 0) is 9.59 Å². The van der Waals surface area contributed by atoms with Crippen LogP contribution in [0.3, 0.4) is 0 Å². The maximum atomic E-state index is 12.2. The first-order valence-electron chi connectivity index (χ1n) is 5.57. The molecular weight excluding hydrogens is 353 g/mol. The van der Waals surface area contributed by atoms with Gasteiger partial charge in [0.2, 0.25) is 3.78 Å². The number of para-hydroxylation sites is 1. The highest BCUT2D eigenvalue weighted by molar-refractivity contribution is 9.11. The summed E-state index contributed by atoms with van der Waals surface area (Å²) in [4.78, 5) is 24.3. The summed E-state index contributed by atoms with van der Waals surface area (Å²) in [6, 6.07) is 8.76. The molecule has 0 saturated carbocycles. The molecule has 0 heterocycles. The smallest absolute Gasteiger partial charge is 0.264 e. The van der Waals surface area contributed by atoms with Crippen LogP contribution in [-0.4, -0.2) is 21.4 Å². The van der Waals surface area contributed by atoms with Gasteiger partial charge in [0.05, 0.1) is 0 Å². The first-order chi connectivity index (χ1) is 8.71. The molecule has 0 spiro atoms. The Hall–Kier alpha value is -0.580. The number of rotatable bonds is 5. The van der Waals surface area contributed by atoms with E-state index in [1.165, 1.54) is 0 Å². The minimum Gasteiger partial charge on any atom is -0.323 e. The molecule has 1 unspecified atom stereocenters. The van der Waals surface area contributed by atoms with Crippen molar-refractivity contribution in [2.75, 3.05) is 11.2 Å². The normalized spacial score (nSPS) is 14.6. The van der Waals surface area contributed by atoms with Crippen molar-refractivity contribution in [1.82, 2.24) is 0 Å². The van der Waals surface area contributed by atoms with Crippen LogP contribution in [0.5, 0.6) is 0 Å². The molecule has 0 aliphatic heterocycles. The summed E-state index contributed by atoms with van der Waals surface area (Å²) in [5, 5.41) is 2.58. The summed E-state index contributed by atoms with van der Waals surface area (Å²) >= 11 is 14.8. The summed E-state index contributed by atoms with van der Waals surface area (Å²) in [6.07, 6.45) is 0. The van der Waals surface area contributed by atoms with Gasteiger partial charge in [0.15, 0.2) is 5.78 Å². The van der Waals surface area contributed by atoms with E-state index in [4.69, 9.17) is 23.2 Å². The zero-order valence-corrected chi connectivity index (χ0v) is 13.6. The number of hydrogen-bond acceptors (Lipinski definition) is 2. The fourth-order valence-corrected chi connectivity index (χ4v) is 2.38. The Morgan fingerprint density at radius 2 is 1.79 bits per heavy atom. The molecule has 0 aromatic heterocycles. The van der Waals surface area contributed by atoms with Crippen LogP contribution in [0.2, 0.25) is 0 Å². The molecule has 19 heavy (non-hydrogen) atoms. The Labute approximate surface area is 130 Å². The van der Waals surface area contributed by atoms with Gasteiger partial charge >= 0.3 is 0 Å². The summed E-state index contributed by atoms with van der Waals surface area (Å²) in [6.45, 7) is 3.27. The summed E-state index contributed by atoms with van der Waals surface area (Å²) in [5.41, 5.74) is -0.339. The SMILES string of the molecule is CC(C)(CCl)C(=O)C(Cl)(Br)C(=O)Nc1ccccc1. The van der Waals surface area contributed by atoms with Gasteiger partial charge < -0.3 is 5.32 Å². The second-order valence-electron chi connectivity index (χ2n) is 4.74. The van der Waals surface area contributed by atoms with Gasteiger partial charge in [-0.15, -0.1) is 11.6 Å². The van der Waals surface area contributed by atoms with E-state index in [9.17, 15) is 9.59 Å². The minimum atomic E-state index is -1.83. The number of nitrogens with one attached hydrogen (secondary N) is 1. The van der Waals surface area contributed by atoms with Crippen LogP contribution in [0.15, 0.2) is 30.3 Å². The first kappa shape index (κ1) is 16.5. The summed E-state index contributed by atoms with van der Waals surface area (Å²) < 4.78 is -1.83. The number of Topliss-reactive ketones (excluding diaryl/α,β-unsaturated/α-hetero) is 1. The van der Waals surface area contributed by atoms with Gasteiger partial charge in [-0.2, -0.15) is 0 Å². The number of anilines is 1. The van der Waals surface area contributed by atoms with Crippen molar-refractivity contribution in [1.29, 1.82) is 0 Å². The van der Waals surface area contributed by atoms with Gasteiger partial charge in [0.25, 0.3) is 5.91 Å². The number of carbonyl (C=O) groups is 2. The zero-order valence-electron chi connectivity index (χ0n) is 10.5. The molecule has 0 bridgehead atoms. The van der Waals surface area contributed by atoms with Crippen LogP contribution in [0.1, 0.15) is 13.8 Å². The number of alkyl halides is 3. The molecule has 1 N–H and O–H groups in total. The Morgan fingerprint density at radius 1 is 1.26 bits per heavy atom. The lowest BCUT2D eigenvalue weighted by molar-refractivity contribution is -0.131. The van der Waals surface area contributed by atoms with Crippen LogP contribution < -0.4 is 5.32 Å². The Morgan fingerprint density at radius 3 is 2.26 bits per heavy atom. The van der Waals surface area contributed by atoms with E-state index in [0.29, 0.717) is 5.69 Å². The van der Waals surface area contributed by atoms with Crippen LogP contribution in [0.4, 0.5) is 5.69 Å². The van der Waals surface area contributed by atoms with Gasteiger partial charge in [-0.05, 0) is 28.1 Å². The first-order valence-corrected chi connectivity index (χ1v) is 7.27. The minimum absolute atomic E-state index is 0.0739. The molecule has 1 aromatic rings. The van der Waals surface area contributed by atoms with Crippen LogP contribution in [0, 0.1) is 5.41 Å². The van der Waals surface area contributed by atoms with Crippen molar-refractivity contribution in [3.8, 4) is 0 Å². The number of halogens is 3. The number of hydrogen-bond donors (Lipinski definition) is 1. The number of benzene rings is 1. The molecule has 3 nitrogen and oxygen atoms in total. The fraction of sp³-hybridized carbons (Fsp3) is 0.385. The lowest BCUT2D eigenvalue weighted by Crippen LogP contribution is -2.47. The lowest BCUT2D eigenvalue weighted by Gasteiger charge is -2.27. The third-order valence-electron chi connectivity index (χ3n) is 2.55. The monoisotopic (exact) mass is 365 g/mol. The maximum Gasteiger partial charge on any atom is 0.264 e. The van der Waals surface area contributed by atoms with E-state index >= 15 is 0 Å². The van der Waals surface area contributed by atoms with Crippen molar-refractivity contribution >= 4 is 56.5 Å². The third-order valence-corrected chi connectivity index (χ3v) is 4.28. The lowest BCUT2D eigenvalue weighted by atomic mass is 9.88. The molecule has 1 aromatic carbocycles. The molecule has 0 aliphatic carbocycles. The molecule has 6 heteroatoms. The molecule has 104 valence electrons. The largest absolute Gasteiger partial charge is 0.323 e. The van der Waals surface area contributed by atoms with Crippen LogP contribution >= 0.6 is 39.1 Å². The van der Waals surface area contributed by atoms with Gasteiger partial charge in [-0.3, -0.25) is 9.59 Å². The van der Waals surface area contributed by atoms with Crippen LogP contribution in [0.25, 0.3) is 0 Å². The van der Waals surface area contributed by atoms with Crippen molar-refractivity contribution in [2.24, 2.45) is 5.41 Å². The Kier molecular flexibility index (Phi) is 5.42. The standard InChI is InChI=1S/C13H14BrCl2NO2/c1-12(2,8-15)10(18)13(14,16)11(19)17-9-6-4-3-5-7-9/h3-7H,8H2,1-2H3,(H,17,19). The predicted molar refractivity (Wildman–Crippen MR) is 82.1 cm³/mol. The molecule has 0 fully saturated rings. The van der Waals surface area contributed by atoms with Crippen molar-refractivity contribution < 1.29 is 9.59 Å². The molecule has 0 saturated heterocycles. The van der Waals surface area contributed by atoms with Crippen molar-refractivity contribution in [3.05, 3.63) is 30.3 Å². The summed E-state index contributed by atoms with van der Waals surface area (Å²) in [5.74, 6) is -1.04. The molecule has 0 aliphatic rings. The van der Waals surface area contributed by atoms with E-state index in [0.717, 1.165) is 0 Å². The van der Waals surface area contributed by atoms with Gasteiger partial charge in [0, 0.05) is 17.0 Å². The molecular formula is C13H14BrCl2NO2. The van der Waals surface area contributed by atoms with E-state index in [1.807, 2.05) is 6.07 Å². The number of amides is 1. The molecule has 1 rings (SSSR count). The van der Waals surface area contributed by atoms with E-state index in [1.54, 1.807) is 38.1 Å². The van der Waals surface area contributed by atoms with Crippen molar-refractivity contribution in [2.45, 2.75) is 17.6 Å². The Balaban J connectivity index is 2.89. The molecule has 1 atom stereocenters. The van der Waals surface area contributed by atoms with E-state index in [2.05, 4.69) is 21.2 Å². The average molecular weight is 367 g/mol. The van der Waals surface area contributed by atoms with Crippen molar-refractivity contribution in [3.63, 3.8) is 0 Å². The molecule has 0 radical (unpaired) electrons. The van der Waals surface area contributed by atoms with E-state index in [-0.39, 0.29) is 5.88 Å². The third kappa shape index (κ3) is 3.94. The highest BCUT2D eigenvalue weighted by Gasteiger charge is 2.48. The van der Waals surface area contributed by atoms with E-state index < -0.39 is 20.9 Å². The number of ketones is 1. The van der Waals surface area contributed by atoms with Gasteiger partial charge in [-0.1, -0.05) is 43.6 Å². The predicted octanol–water partition coefficient (Wildman–Crippen LogP) is 3.79. The summed E-state index contributed by atoms with van der Waals surface area (Å²) in [7, 11) is 0. The second-order valence-corrected chi connectivity index (χ2v) is 7.22. The zero-order chi connectivity index (χ0) is 14.7. The maximum absolute atomic E-state index is 12.2. The quantitative estimate of drug-likeness (QED) is 0.636. The Bertz CT molecular complexity index is 475. The highest BCUT2D eigenvalue weighted by atomic mass is 79.9. The fourth-order valence-electron chi connectivity index (χ4n) is 1.32. The average Bonchev–Trinajstić information content (AvgIpc) is 2.38. The highest BCUT2D eigenvalue weighted by Crippen LogP contribution is 2.35. The van der Waals surface area contributed by atoms with Gasteiger partial charge in [-0.25, -0.2) is 0 Å².